The molecular weight excluding hydrogens is 284 g/mol. The van der Waals surface area contributed by atoms with Crippen LogP contribution >= 0.6 is 0 Å². The van der Waals surface area contributed by atoms with Crippen LogP contribution in [-0.2, 0) is 10.2 Å². The fourth-order valence-electron chi connectivity index (χ4n) is 5.32. The molecule has 4 rings (SSSR count). The van der Waals surface area contributed by atoms with E-state index in [1.165, 1.54) is 30.4 Å². The van der Waals surface area contributed by atoms with Crippen molar-refractivity contribution in [3.8, 4) is 0 Å². The highest BCUT2D eigenvalue weighted by atomic mass is 16.2. The molecule has 3 fully saturated rings. The lowest BCUT2D eigenvalue weighted by molar-refractivity contribution is -0.136. The molecular formula is C20H28N2O. The van der Waals surface area contributed by atoms with Crippen molar-refractivity contribution in [1.82, 2.24) is 4.90 Å². The van der Waals surface area contributed by atoms with Crippen LogP contribution in [0.1, 0.15) is 49.7 Å². The van der Waals surface area contributed by atoms with Gasteiger partial charge in [0.25, 0.3) is 0 Å². The number of carbonyl (C=O) groups excluding carboxylic acids is 1. The van der Waals surface area contributed by atoms with Crippen LogP contribution in [0.25, 0.3) is 0 Å². The molecule has 3 unspecified atom stereocenters. The molecule has 3 atom stereocenters. The van der Waals surface area contributed by atoms with Gasteiger partial charge in [0.15, 0.2) is 0 Å². The minimum absolute atomic E-state index is 0.269. The molecule has 1 aromatic rings. The first kappa shape index (κ1) is 15.2. The molecule has 1 saturated heterocycles. The number of benzene rings is 1. The molecule has 3 aliphatic rings. The van der Waals surface area contributed by atoms with Crippen LogP contribution in [-0.4, -0.2) is 29.9 Å². The van der Waals surface area contributed by atoms with Gasteiger partial charge in [0, 0.05) is 19.1 Å². The average molecular weight is 312 g/mol. The first-order chi connectivity index (χ1) is 11.1. The molecule has 1 amide bonds. The van der Waals surface area contributed by atoms with Gasteiger partial charge in [0.1, 0.15) is 0 Å². The summed E-state index contributed by atoms with van der Waals surface area (Å²) in [4.78, 5) is 15.7. The van der Waals surface area contributed by atoms with Crippen molar-refractivity contribution in [2.75, 3.05) is 13.1 Å². The van der Waals surface area contributed by atoms with Gasteiger partial charge in [0.2, 0.25) is 5.91 Å². The third-order valence-corrected chi connectivity index (χ3v) is 6.64. The highest BCUT2D eigenvalue weighted by molar-refractivity contribution is 5.89. The van der Waals surface area contributed by atoms with Crippen molar-refractivity contribution in [1.29, 1.82) is 0 Å². The average Bonchev–Trinajstić information content (AvgIpc) is 3.25. The molecule has 0 aromatic heterocycles. The molecule has 2 N–H and O–H groups in total. The molecule has 2 saturated carbocycles. The number of likely N-dealkylation sites (tertiary alicyclic amines) is 1. The van der Waals surface area contributed by atoms with E-state index < -0.39 is 0 Å². The Labute approximate surface area is 139 Å². The third-order valence-electron chi connectivity index (χ3n) is 6.64. The largest absolute Gasteiger partial charge is 0.341 e. The van der Waals surface area contributed by atoms with Gasteiger partial charge in [-0.2, -0.15) is 0 Å². The summed E-state index contributed by atoms with van der Waals surface area (Å²) in [5.74, 6) is 1.56. The van der Waals surface area contributed by atoms with Crippen LogP contribution in [0, 0.1) is 18.8 Å². The first-order valence-corrected chi connectivity index (χ1v) is 9.22. The smallest absolute Gasteiger partial charge is 0.233 e. The van der Waals surface area contributed by atoms with Crippen molar-refractivity contribution >= 4 is 5.91 Å². The second kappa shape index (κ2) is 5.62. The quantitative estimate of drug-likeness (QED) is 0.912. The summed E-state index contributed by atoms with van der Waals surface area (Å²) in [7, 11) is 0. The predicted octanol–water partition coefficient (Wildman–Crippen LogP) is 3.00. The molecule has 1 aromatic carbocycles. The molecule has 0 spiro atoms. The van der Waals surface area contributed by atoms with E-state index in [1.807, 2.05) is 0 Å². The summed E-state index contributed by atoms with van der Waals surface area (Å²) in [5, 5.41) is 0. The molecule has 2 aliphatic carbocycles. The number of amides is 1. The Bertz CT molecular complexity index is 605. The Balaban J connectivity index is 1.62. The zero-order valence-corrected chi connectivity index (χ0v) is 14.1. The van der Waals surface area contributed by atoms with Crippen molar-refractivity contribution in [2.24, 2.45) is 17.6 Å². The first-order valence-electron chi connectivity index (χ1n) is 9.22. The number of fused-ring (bicyclic) bond motifs is 1. The van der Waals surface area contributed by atoms with E-state index in [-0.39, 0.29) is 5.41 Å². The van der Waals surface area contributed by atoms with Crippen LogP contribution in [0.15, 0.2) is 24.3 Å². The van der Waals surface area contributed by atoms with Gasteiger partial charge in [-0.25, -0.2) is 0 Å². The molecule has 0 radical (unpaired) electrons. The summed E-state index contributed by atoms with van der Waals surface area (Å²) in [5.41, 5.74) is 8.48. The number of hydrogen-bond donors (Lipinski definition) is 1. The van der Waals surface area contributed by atoms with E-state index in [2.05, 4.69) is 36.1 Å². The fraction of sp³-hybridized carbons (Fsp3) is 0.650. The minimum atomic E-state index is -0.269. The molecule has 1 heterocycles. The number of aryl methyl sites for hydroxylation is 1. The molecule has 124 valence electrons. The van der Waals surface area contributed by atoms with Gasteiger partial charge < -0.3 is 10.6 Å². The molecule has 3 heteroatoms. The maximum Gasteiger partial charge on any atom is 0.233 e. The highest BCUT2D eigenvalue weighted by Gasteiger charge is 2.49. The van der Waals surface area contributed by atoms with Gasteiger partial charge in [-0.15, -0.1) is 0 Å². The van der Waals surface area contributed by atoms with Crippen molar-refractivity contribution in [2.45, 2.75) is 56.9 Å². The Morgan fingerprint density at radius 3 is 2.70 bits per heavy atom. The Kier molecular flexibility index (Phi) is 3.72. The van der Waals surface area contributed by atoms with Crippen molar-refractivity contribution in [3.05, 3.63) is 35.4 Å². The summed E-state index contributed by atoms with van der Waals surface area (Å²) in [6, 6.07) is 8.92. The maximum atomic E-state index is 13.5. The lowest BCUT2D eigenvalue weighted by Gasteiger charge is -2.33. The monoisotopic (exact) mass is 312 g/mol. The molecule has 23 heavy (non-hydrogen) atoms. The number of nitrogens with zero attached hydrogens (tertiary/aromatic N) is 1. The van der Waals surface area contributed by atoms with Crippen LogP contribution in [0.2, 0.25) is 0 Å². The second-order valence-electron chi connectivity index (χ2n) is 8.03. The van der Waals surface area contributed by atoms with Gasteiger partial charge in [0.05, 0.1) is 5.41 Å². The molecule has 1 aliphatic heterocycles. The SMILES string of the molecule is Cc1cccc(C2(C(=O)N3CC4CCC(N)C4C3)CCCC2)c1. The normalized spacial score (nSPS) is 32.3. The van der Waals surface area contributed by atoms with E-state index in [0.717, 1.165) is 32.4 Å². The Hall–Kier alpha value is -1.35. The summed E-state index contributed by atoms with van der Waals surface area (Å²) in [6.07, 6.45) is 6.69. The number of hydrogen-bond acceptors (Lipinski definition) is 2. The van der Waals surface area contributed by atoms with E-state index in [1.54, 1.807) is 0 Å². The summed E-state index contributed by atoms with van der Waals surface area (Å²) >= 11 is 0. The van der Waals surface area contributed by atoms with Crippen LogP contribution in [0.3, 0.4) is 0 Å². The van der Waals surface area contributed by atoms with Gasteiger partial charge in [-0.1, -0.05) is 42.7 Å². The maximum absolute atomic E-state index is 13.5. The van der Waals surface area contributed by atoms with Gasteiger partial charge >= 0.3 is 0 Å². The van der Waals surface area contributed by atoms with Gasteiger partial charge in [-0.05, 0) is 50.0 Å². The highest BCUT2D eigenvalue weighted by Crippen LogP contribution is 2.45. The van der Waals surface area contributed by atoms with Crippen molar-refractivity contribution in [3.63, 3.8) is 0 Å². The van der Waals surface area contributed by atoms with Crippen LogP contribution in [0.5, 0.6) is 0 Å². The molecule has 0 bridgehead atoms. The number of nitrogens with two attached hydrogens (primary N) is 1. The van der Waals surface area contributed by atoms with E-state index in [9.17, 15) is 4.79 Å². The number of carbonyl (C=O) groups is 1. The van der Waals surface area contributed by atoms with Gasteiger partial charge in [-0.3, -0.25) is 4.79 Å². The summed E-state index contributed by atoms with van der Waals surface area (Å²) in [6.45, 7) is 3.94. The third kappa shape index (κ3) is 2.40. The molecule has 3 nitrogen and oxygen atoms in total. The van der Waals surface area contributed by atoms with Crippen LogP contribution < -0.4 is 5.73 Å². The Morgan fingerprint density at radius 1 is 1.22 bits per heavy atom. The standard InChI is InChI=1S/C20H28N2O/c1-14-5-4-6-16(11-14)20(9-2-3-10-20)19(23)22-12-15-7-8-18(21)17(15)13-22/h4-6,11,15,17-18H,2-3,7-10,12-13,21H2,1H3. The topological polar surface area (TPSA) is 46.3 Å². The number of rotatable bonds is 2. The minimum Gasteiger partial charge on any atom is -0.341 e. The Morgan fingerprint density at radius 2 is 2.00 bits per heavy atom. The van der Waals surface area contributed by atoms with Crippen molar-refractivity contribution < 1.29 is 4.79 Å². The lowest BCUT2D eigenvalue weighted by atomic mass is 9.77. The summed E-state index contributed by atoms with van der Waals surface area (Å²) < 4.78 is 0. The lowest BCUT2D eigenvalue weighted by Crippen LogP contribution is -2.45. The predicted molar refractivity (Wildman–Crippen MR) is 92.1 cm³/mol. The fourth-order valence-corrected chi connectivity index (χ4v) is 5.32. The van der Waals surface area contributed by atoms with E-state index in [4.69, 9.17) is 5.73 Å². The second-order valence-corrected chi connectivity index (χ2v) is 8.03. The van der Waals surface area contributed by atoms with Crippen LogP contribution in [0.4, 0.5) is 0 Å². The zero-order valence-electron chi connectivity index (χ0n) is 14.1. The van der Waals surface area contributed by atoms with E-state index >= 15 is 0 Å². The zero-order chi connectivity index (χ0) is 16.0. The van der Waals surface area contributed by atoms with E-state index in [0.29, 0.717) is 23.8 Å².